The average Bonchev–Trinajstić information content (AvgIpc) is 2.39. The number of allylic oxidation sites excluding steroid dienone is 1. The van der Waals surface area contributed by atoms with Crippen LogP contribution in [0, 0.1) is 10.8 Å². The maximum Gasteiger partial charge on any atom is 1.00 e. The Bertz CT molecular complexity index is 558. The molecule has 0 spiro atoms. The molecular formula is C14H18ClKN4O. The fourth-order valence-electron chi connectivity index (χ4n) is 1.50. The standard InChI is InChI=1S/C14H18ClN4O.K/c1-8(2)20-9-4-5-11(16)10(6-9)14(18)12(17)7-13(15)19-3;/h4-8,17-18H,16H2,1-3H3;/q-1;+1/b13-7-,17-12?,18-14?;. The summed E-state index contributed by atoms with van der Waals surface area (Å²) in [7, 11) is 1.52. The van der Waals surface area contributed by atoms with Gasteiger partial charge in [-0.05, 0) is 38.1 Å². The van der Waals surface area contributed by atoms with E-state index in [9.17, 15) is 0 Å². The fraction of sp³-hybridized carbons (Fsp3) is 0.286. The molecule has 1 rings (SSSR count). The number of nitrogens with zero attached hydrogens (tertiary/aromatic N) is 1. The summed E-state index contributed by atoms with van der Waals surface area (Å²) >= 11 is 5.73. The minimum atomic E-state index is -0.0611. The van der Waals surface area contributed by atoms with Crippen LogP contribution in [0.4, 0.5) is 5.69 Å². The Morgan fingerprint density at radius 1 is 1.38 bits per heavy atom. The first-order chi connectivity index (χ1) is 9.35. The van der Waals surface area contributed by atoms with E-state index in [0.29, 0.717) is 17.0 Å². The molecule has 0 amide bonds. The van der Waals surface area contributed by atoms with Crippen molar-refractivity contribution in [2.24, 2.45) is 0 Å². The number of halogens is 1. The molecule has 0 aliphatic carbocycles. The first-order valence-corrected chi connectivity index (χ1v) is 6.44. The number of anilines is 1. The summed E-state index contributed by atoms with van der Waals surface area (Å²) < 4.78 is 5.56. The predicted octanol–water partition coefficient (Wildman–Crippen LogP) is 0.531. The maximum absolute atomic E-state index is 8.02. The summed E-state index contributed by atoms with van der Waals surface area (Å²) in [5.41, 5.74) is 6.61. The SMILES string of the molecule is C[N-]/C(Cl)=C\C(=N)C(=N)c1cc(OC(C)C)ccc1N.[K+]. The van der Waals surface area contributed by atoms with Crippen LogP contribution in [-0.4, -0.2) is 24.6 Å². The number of hydrogen-bond donors (Lipinski definition) is 3. The van der Waals surface area contributed by atoms with Gasteiger partial charge in [0.2, 0.25) is 0 Å². The van der Waals surface area contributed by atoms with Gasteiger partial charge >= 0.3 is 51.4 Å². The summed E-state index contributed by atoms with van der Waals surface area (Å²) in [6, 6.07) is 5.04. The molecule has 0 radical (unpaired) electrons. The van der Waals surface area contributed by atoms with E-state index in [1.165, 1.54) is 13.1 Å². The number of nitrogens with one attached hydrogen (secondary N) is 2. The van der Waals surface area contributed by atoms with Crippen molar-refractivity contribution < 1.29 is 56.1 Å². The molecule has 4 N–H and O–H groups in total. The Kier molecular flexibility index (Phi) is 9.43. The van der Waals surface area contributed by atoms with Gasteiger partial charge in [-0.2, -0.15) is 0 Å². The van der Waals surface area contributed by atoms with Gasteiger partial charge in [-0.1, -0.05) is 5.16 Å². The molecule has 0 fully saturated rings. The summed E-state index contributed by atoms with van der Waals surface area (Å²) in [4.78, 5) is 0. The first kappa shape index (κ1) is 20.6. The van der Waals surface area contributed by atoms with Gasteiger partial charge in [0, 0.05) is 11.3 Å². The minimum absolute atomic E-state index is 0. The van der Waals surface area contributed by atoms with Crippen LogP contribution in [0.1, 0.15) is 19.4 Å². The van der Waals surface area contributed by atoms with Gasteiger partial charge in [0.15, 0.2) is 0 Å². The minimum Gasteiger partial charge on any atom is -0.677 e. The fourth-order valence-corrected chi connectivity index (χ4v) is 1.61. The van der Waals surface area contributed by atoms with E-state index in [2.05, 4.69) is 5.32 Å². The predicted molar refractivity (Wildman–Crippen MR) is 84.4 cm³/mol. The van der Waals surface area contributed by atoms with Crippen molar-refractivity contribution >= 4 is 28.7 Å². The van der Waals surface area contributed by atoms with Crippen LogP contribution < -0.4 is 61.9 Å². The quantitative estimate of drug-likeness (QED) is 0.306. The van der Waals surface area contributed by atoms with Crippen LogP contribution in [0.25, 0.3) is 5.32 Å². The largest absolute Gasteiger partial charge is 1.00 e. The Balaban J connectivity index is 0.00000400. The van der Waals surface area contributed by atoms with E-state index < -0.39 is 0 Å². The van der Waals surface area contributed by atoms with Gasteiger partial charge < -0.3 is 15.8 Å². The molecule has 0 aromatic heterocycles. The zero-order valence-electron chi connectivity index (χ0n) is 12.7. The molecule has 0 saturated carbocycles. The van der Waals surface area contributed by atoms with E-state index in [-0.39, 0.29) is 74.1 Å². The smallest absolute Gasteiger partial charge is 0.677 e. The topological polar surface area (TPSA) is 97.0 Å². The summed E-state index contributed by atoms with van der Waals surface area (Å²) in [6.45, 7) is 3.82. The summed E-state index contributed by atoms with van der Waals surface area (Å²) in [5, 5.41) is 19.7. The van der Waals surface area contributed by atoms with Crippen LogP contribution in [0.3, 0.4) is 0 Å². The molecule has 0 unspecified atom stereocenters. The number of hydrogen-bond acceptors (Lipinski definition) is 4. The van der Waals surface area contributed by atoms with Crippen molar-refractivity contribution in [3.8, 4) is 5.75 Å². The van der Waals surface area contributed by atoms with Gasteiger partial charge in [0.05, 0.1) is 17.5 Å². The van der Waals surface area contributed by atoms with Crippen LogP contribution in [-0.2, 0) is 0 Å². The zero-order valence-corrected chi connectivity index (χ0v) is 16.6. The molecule has 108 valence electrons. The molecule has 21 heavy (non-hydrogen) atoms. The van der Waals surface area contributed by atoms with E-state index in [4.69, 9.17) is 32.9 Å². The zero-order chi connectivity index (χ0) is 15.3. The Hall–Kier alpha value is -0.374. The van der Waals surface area contributed by atoms with Crippen LogP contribution >= 0.6 is 11.6 Å². The molecular weight excluding hydrogens is 315 g/mol. The van der Waals surface area contributed by atoms with Crippen LogP contribution in [0.2, 0.25) is 0 Å². The van der Waals surface area contributed by atoms with Crippen molar-refractivity contribution in [3.63, 3.8) is 0 Å². The monoisotopic (exact) mass is 332 g/mol. The molecule has 0 aliphatic heterocycles. The van der Waals surface area contributed by atoms with Gasteiger partial charge in [-0.25, -0.2) is 0 Å². The number of rotatable bonds is 6. The second kappa shape index (κ2) is 9.60. The van der Waals surface area contributed by atoms with Crippen molar-refractivity contribution in [2.75, 3.05) is 12.8 Å². The van der Waals surface area contributed by atoms with Crippen LogP contribution in [0.5, 0.6) is 5.75 Å². The second-order valence-electron chi connectivity index (χ2n) is 4.40. The third kappa shape index (κ3) is 6.50. The molecule has 1 aromatic carbocycles. The van der Waals surface area contributed by atoms with Crippen LogP contribution in [0.15, 0.2) is 29.4 Å². The van der Waals surface area contributed by atoms with E-state index >= 15 is 0 Å². The molecule has 1 aromatic rings. The van der Waals surface area contributed by atoms with E-state index in [1.54, 1.807) is 18.2 Å². The van der Waals surface area contributed by atoms with Gasteiger partial charge in [-0.3, -0.25) is 10.8 Å². The second-order valence-corrected chi connectivity index (χ2v) is 4.78. The summed E-state index contributed by atoms with van der Waals surface area (Å²) in [5.74, 6) is 0.608. The van der Waals surface area contributed by atoms with Crippen molar-refractivity contribution in [3.05, 3.63) is 40.3 Å². The average molecular weight is 333 g/mol. The molecule has 0 aliphatic rings. The number of nitrogens with two attached hydrogens (primary N) is 1. The Morgan fingerprint density at radius 3 is 2.52 bits per heavy atom. The molecule has 0 saturated heterocycles. The molecule has 5 nitrogen and oxygen atoms in total. The van der Waals surface area contributed by atoms with Crippen molar-refractivity contribution in [2.45, 2.75) is 20.0 Å². The number of ether oxygens (including phenoxy) is 1. The van der Waals surface area contributed by atoms with Crippen molar-refractivity contribution in [1.82, 2.24) is 0 Å². The van der Waals surface area contributed by atoms with Gasteiger partial charge in [0.1, 0.15) is 5.75 Å². The van der Waals surface area contributed by atoms with Gasteiger partial charge in [0.25, 0.3) is 0 Å². The maximum atomic E-state index is 8.02. The molecule has 0 atom stereocenters. The number of nitrogen functional groups attached to an aromatic ring is 1. The van der Waals surface area contributed by atoms with Crippen molar-refractivity contribution in [1.29, 1.82) is 10.8 Å². The summed E-state index contributed by atoms with van der Waals surface area (Å²) in [6.07, 6.45) is 1.33. The third-order valence-electron chi connectivity index (χ3n) is 2.41. The molecule has 0 heterocycles. The normalized spacial score (nSPS) is 10.8. The van der Waals surface area contributed by atoms with Gasteiger partial charge in [-0.15, -0.1) is 18.6 Å². The first-order valence-electron chi connectivity index (χ1n) is 6.06. The Labute approximate surface area is 172 Å². The van der Waals surface area contributed by atoms with E-state index in [0.717, 1.165) is 0 Å². The molecule has 0 bridgehead atoms. The molecule has 7 heteroatoms. The number of benzene rings is 1. The Morgan fingerprint density at radius 2 is 2.00 bits per heavy atom. The van der Waals surface area contributed by atoms with E-state index in [1.807, 2.05) is 13.8 Å². The third-order valence-corrected chi connectivity index (χ3v) is 2.69.